The zero-order valence-electron chi connectivity index (χ0n) is 33.2. The van der Waals surface area contributed by atoms with Crippen LogP contribution >= 0.6 is 0 Å². The summed E-state index contributed by atoms with van der Waals surface area (Å²) in [5, 5.41) is 0. The van der Waals surface area contributed by atoms with Gasteiger partial charge in [-0.05, 0) is 0 Å². The summed E-state index contributed by atoms with van der Waals surface area (Å²) in [5.74, 6) is 0.386. The largest absolute Gasteiger partial charge is 0.412 e. The van der Waals surface area contributed by atoms with Crippen molar-refractivity contribution in [3.63, 3.8) is 0 Å². The van der Waals surface area contributed by atoms with Crippen molar-refractivity contribution >= 4 is 47.4 Å². The van der Waals surface area contributed by atoms with Crippen LogP contribution in [0.3, 0.4) is 0 Å². The summed E-state index contributed by atoms with van der Waals surface area (Å²) in [4.78, 5) is 0. The van der Waals surface area contributed by atoms with E-state index in [0.29, 0.717) is 5.92 Å². The van der Waals surface area contributed by atoms with Gasteiger partial charge in [-0.25, -0.2) is 0 Å². The van der Waals surface area contributed by atoms with Crippen LogP contribution in [0.25, 0.3) is 0 Å². The third-order valence-corrected chi connectivity index (χ3v) is 22.0. The summed E-state index contributed by atoms with van der Waals surface area (Å²) in [6.45, 7) is 29.4. The maximum atomic E-state index is 2.52. The Labute approximate surface area is 320 Å². The normalized spacial score (nSPS) is 13.7. The minimum absolute atomic E-state index is 0. The maximum absolute atomic E-state index is 2.52. The molecule has 0 bridgehead atoms. The number of hydrogen-bond acceptors (Lipinski definition) is 0. The number of allylic oxidation sites excluding steroid dienone is 4. The molecule has 0 aromatic heterocycles. The molecule has 263 valence electrons. The first-order valence-corrected chi connectivity index (χ1v) is 23.3. The molecule has 1 atom stereocenters. The first-order chi connectivity index (χ1) is 23.6. The van der Waals surface area contributed by atoms with Crippen molar-refractivity contribution in [3.8, 4) is 0 Å². The second-order valence-electron chi connectivity index (χ2n) is 15.0. The van der Waals surface area contributed by atoms with Crippen molar-refractivity contribution in [2.75, 3.05) is 0 Å². The van der Waals surface area contributed by atoms with E-state index in [1.807, 2.05) is 0 Å². The van der Waals surface area contributed by atoms with Crippen LogP contribution in [0, 0.1) is 83.1 Å². The summed E-state index contributed by atoms with van der Waals surface area (Å²) in [5.41, 5.74) is 20.0. The summed E-state index contributed by atoms with van der Waals surface area (Å²) in [6, 6.07) is 29.9. The van der Waals surface area contributed by atoms with E-state index in [1.54, 1.807) is 22.0 Å². The van der Waals surface area contributed by atoms with E-state index >= 15 is 0 Å². The Morgan fingerprint density at radius 3 is 1.14 bits per heavy atom. The van der Waals surface area contributed by atoms with Gasteiger partial charge < -0.3 is 5.48 Å². The van der Waals surface area contributed by atoms with E-state index in [9.17, 15) is 0 Å². The Balaban J connectivity index is 0.000000251. The second kappa shape index (κ2) is 17.0. The average molecular weight is 795 g/mol. The van der Waals surface area contributed by atoms with Crippen molar-refractivity contribution in [1.82, 2.24) is 0 Å². The molecular formula is C48H57Ge2O. The van der Waals surface area contributed by atoms with Crippen LogP contribution < -0.4 is 17.6 Å². The molecule has 1 aliphatic carbocycles. The fourth-order valence-corrected chi connectivity index (χ4v) is 18.7. The van der Waals surface area contributed by atoms with Crippen molar-refractivity contribution in [1.29, 1.82) is 0 Å². The third-order valence-electron chi connectivity index (χ3n) is 10.1. The van der Waals surface area contributed by atoms with E-state index in [4.69, 9.17) is 0 Å². The second-order valence-corrected chi connectivity index (χ2v) is 22.5. The van der Waals surface area contributed by atoms with Gasteiger partial charge in [-0.15, -0.1) is 0 Å². The molecule has 1 unspecified atom stereocenters. The molecule has 0 fully saturated rings. The number of rotatable bonds is 6. The summed E-state index contributed by atoms with van der Waals surface area (Å²) < 4.78 is 8.15. The topological polar surface area (TPSA) is 31.5 Å². The molecule has 0 aliphatic heterocycles. The van der Waals surface area contributed by atoms with Crippen LogP contribution in [0.4, 0.5) is 0 Å². The van der Waals surface area contributed by atoms with Gasteiger partial charge in [-0.1, -0.05) is 0 Å². The van der Waals surface area contributed by atoms with Crippen molar-refractivity contribution in [3.05, 3.63) is 173 Å². The Kier molecular flexibility index (Phi) is 13.4. The molecule has 5 aromatic carbocycles. The van der Waals surface area contributed by atoms with Gasteiger partial charge in [-0.2, -0.15) is 0 Å². The Hall–Kier alpha value is -3.37. The molecule has 0 saturated carbocycles. The molecule has 0 amide bonds. The summed E-state index contributed by atoms with van der Waals surface area (Å²) in [7, 11) is 0. The number of aryl methyl sites for hydroxylation is 12. The fraction of sp³-hybridized carbons (Fsp3) is 0.292. The zero-order chi connectivity index (χ0) is 36.4. The maximum Gasteiger partial charge on any atom is -0.412 e. The van der Waals surface area contributed by atoms with Gasteiger partial charge in [-0.3, -0.25) is 0 Å². The molecule has 0 spiro atoms. The zero-order valence-corrected chi connectivity index (χ0v) is 37.4. The minimum atomic E-state index is -2.04. The smallest absolute Gasteiger partial charge is 0.412 e. The van der Waals surface area contributed by atoms with Crippen LogP contribution in [0.5, 0.6) is 0 Å². The molecule has 0 heterocycles. The van der Waals surface area contributed by atoms with Gasteiger partial charge in [0.05, 0.1) is 0 Å². The molecule has 3 radical (unpaired) electrons. The molecule has 1 aliphatic rings. The molecule has 1 nitrogen and oxygen atoms in total. The minimum Gasteiger partial charge on any atom is -0.412 e. The Bertz CT molecular complexity index is 1910. The monoisotopic (exact) mass is 797 g/mol. The summed E-state index contributed by atoms with van der Waals surface area (Å²) in [6.07, 6.45) is 5.00. The quantitative estimate of drug-likeness (QED) is 0.154. The van der Waals surface area contributed by atoms with Crippen molar-refractivity contribution in [2.45, 2.75) is 95.9 Å². The van der Waals surface area contributed by atoms with Gasteiger partial charge in [0.25, 0.3) is 0 Å². The van der Waals surface area contributed by atoms with Gasteiger partial charge >= 0.3 is 317 Å². The van der Waals surface area contributed by atoms with Crippen LogP contribution in [0.2, 0.25) is 0 Å². The van der Waals surface area contributed by atoms with E-state index in [2.05, 4.69) is 181 Å². The first kappa shape index (κ1) is 40.4. The van der Waals surface area contributed by atoms with E-state index in [1.165, 1.54) is 77.9 Å². The third kappa shape index (κ3) is 9.17. The molecule has 5 aromatic rings. The molecule has 3 heteroatoms. The van der Waals surface area contributed by atoms with Gasteiger partial charge in [0, 0.05) is 0 Å². The molecular weight excluding hydrogens is 738 g/mol. The molecule has 51 heavy (non-hydrogen) atoms. The Morgan fingerprint density at radius 1 is 0.451 bits per heavy atom. The van der Waals surface area contributed by atoms with Crippen LogP contribution in [0.1, 0.15) is 85.2 Å². The Morgan fingerprint density at radius 2 is 0.784 bits per heavy atom. The van der Waals surface area contributed by atoms with Crippen LogP contribution in [-0.2, 0) is 0 Å². The SMILES string of the molecule is CC1=CC(c2ccccc2)[C]([Ge]([c]2c(C)cc(C)cc2C)[c]2c(C)cc(C)cc2C)=C1.Cc1cc(C)[c]([Ge][c]2c(C)cc(C)cc2C)c(C)c1.O. The van der Waals surface area contributed by atoms with E-state index in [-0.39, 0.29) is 20.9 Å². The predicted octanol–water partition coefficient (Wildman–Crippen LogP) is 8.72. The van der Waals surface area contributed by atoms with Crippen molar-refractivity contribution in [2.24, 2.45) is 0 Å². The first-order valence-electron chi connectivity index (χ1n) is 18.1. The molecule has 0 saturated heterocycles. The average Bonchev–Trinajstić information content (AvgIpc) is 3.40. The molecule has 2 N–H and O–H groups in total. The van der Waals surface area contributed by atoms with Gasteiger partial charge in [0.15, 0.2) is 0 Å². The fourth-order valence-electron chi connectivity index (χ4n) is 8.34. The van der Waals surface area contributed by atoms with Gasteiger partial charge in [0.1, 0.15) is 0 Å². The number of hydrogen-bond donors (Lipinski definition) is 0. The van der Waals surface area contributed by atoms with Crippen molar-refractivity contribution < 1.29 is 5.48 Å². The van der Waals surface area contributed by atoms with E-state index in [0.717, 1.165) is 0 Å². The summed E-state index contributed by atoms with van der Waals surface area (Å²) >= 11 is -2.28. The van der Waals surface area contributed by atoms with Gasteiger partial charge in [0.2, 0.25) is 0 Å². The van der Waals surface area contributed by atoms with Crippen LogP contribution in [0.15, 0.2) is 101 Å². The standard InChI is InChI=1S/C30H33Ge.C18H22Ge.H2O/c1-19-13-22(4)29(23(5)14-19)31(30-24(6)15-20(2)16-25(30)7)28-18-21(3)17-27(28)26-11-9-8-10-12-26;1-11-7-13(3)17(14(4)8-11)19-18-15(5)9-12(2)10-16(18)6;/h8-18,27H,1-7H3;7-10H,1-6H3;1H2. The van der Waals surface area contributed by atoms with Crippen LogP contribution in [-0.4, -0.2) is 35.3 Å². The van der Waals surface area contributed by atoms with E-state index < -0.39 is 14.3 Å². The predicted molar refractivity (Wildman–Crippen MR) is 227 cm³/mol. The number of benzene rings is 5. The molecule has 6 rings (SSSR count).